The molecule has 2 heteroatoms. The van der Waals surface area contributed by atoms with Crippen molar-refractivity contribution in [2.45, 2.75) is 71.0 Å². The van der Waals surface area contributed by atoms with Crippen LogP contribution in [0.5, 0.6) is 0 Å². The molecule has 0 aromatic carbocycles. The standard InChI is InChI=1S/C16H30N2/c1-11(2)16-9-17-15(14-7-8-14)10-18(16)12(3)13-5-4-6-13/h11-17H,4-10H2,1-3H3. The molecule has 1 saturated heterocycles. The van der Waals surface area contributed by atoms with Gasteiger partial charge in [-0.25, -0.2) is 0 Å². The predicted molar refractivity (Wildman–Crippen MR) is 76.6 cm³/mol. The molecule has 0 amide bonds. The maximum absolute atomic E-state index is 3.83. The van der Waals surface area contributed by atoms with Gasteiger partial charge in [0.1, 0.15) is 0 Å². The minimum Gasteiger partial charge on any atom is -0.311 e. The van der Waals surface area contributed by atoms with E-state index in [4.69, 9.17) is 0 Å². The first kappa shape index (κ1) is 12.9. The lowest BCUT2D eigenvalue weighted by atomic mass is 9.78. The Balaban J connectivity index is 1.67. The Bertz CT molecular complexity index is 281. The van der Waals surface area contributed by atoms with E-state index in [1.54, 1.807) is 0 Å². The summed E-state index contributed by atoms with van der Waals surface area (Å²) in [5, 5.41) is 3.83. The summed E-state index contributed by atoms with van der Waals surface area (Å²) >= 11 is 0. The second kappa shape index (κ2) is 5.13. The van der Waals surface area contributed by atoms with Crippen molar-refractivity contribution in [1.82, 2.24) is 10.2 Å². The first-order valence-corrected chi connectivity index (χ1v) is 8.16. The molecule has 2 saturated carbocycles. The average molecular weight is 250 g/mol. The van der Waals surface area contributed by atoms with Crippen LogP contribution in [0.1, 0.15) is 52.9 Å². The van der Waals surface area contributed by atoms with Crippen LogP contribution in [0.15, 0.2) is 0 Å². The summed E-state index contributed by atoms with van der Waals surface area (Å²) in [6.45, 7) is 9.81. The quantitative estimate of drug-likeness (QED) is 0.825. The van der Waals surface area contributed by atoms with Gasteiger partial charge < -0.3 is 5.32 Å². The van der Waals surface area contributed by atoms with Crippen LogP contribution in [0.4, 0.5) is 0 Å². The molecule has 1 N–H and O–H groups in total. The van der Waals surface area contributed by atoms with Crippen molar-refractivity contribution >= 4 is 0 Å². The van der Waals surface area contributed by atoms with Gasteiger partial charge in [-0.05, 0) is 50.4 Å². The summed E-state index contributed by atoms with van der Waals surface area (Å²) in [4.78, 5) is 2.87. The molecule has 3 aliphatic rings. The van der Waals surface area contributed by atoms with Crippen molar-refractivity contribution in [3.63, 3.8) is 0 Å². The Kier molecular flexibility index (Phi) is 3.68. The first-order valence-electron chi connectivity index (χ1n) is 8.16. The van der Waals surface area contributed by atoms with Crippen LogP contribution in [-0.4, -0.2) is 36.1 Å². The van der Waals surface area contributed by atoms with Crippen LogP contribution in [0, 0.1) is 17.8 Å². The molecule has 104 valence electrons. The smallest absolute Gasteiger partial charge is 0.0247 e. The van der Waals surface area contributed by atoms with Gasteiger partial charge in [-0.3, -0.25) is 4.90 Å². The molecule has 3 unspecified atom stereocenters. The van der Waals surface area contributed by atoms with Crippen molar-refractivity contribution < 1.29 is 0 Å². The van der Waals surface area contributed by atoms with E-state index in [-0.39, 0.29) is 0 Å². The van der Waals surface area contributed by atoms with E-state index in [0.717, 1.165) is 35.9 Å². The molecule has 0 aromatic rings. The van der Waals surface area contributed by atoms with Crippen LogP contribution in [-0.2, 0) is 0 Å². The van der Waals surface area contributed by atoms with Crippen LogP contribution in [0.2, 0.25) is 0 Å². The number of nitrogens with one attached hydrogen (secondary N) is 1. The van der Waals surface area contributed by atoms with Crippen molar-refractivity contribution in [2.75, 3.05) is 13.1 Å². The topological polar surface area (TPSA) is 15.3 Å². The minimum absolute atomic E-state index is 0.760. The van der Waals surface area contributed by atoms with E-state index in [1.165, 1.54) is 45.2 Å². The Morgan fingerprint density at radius 3 is 2.28 bits per heavy atom. The van der Waals surface area contributed by atoms with Gasteiger partial charge in [0.25, 0.3) is 0 Å². The first-order chi connectivity index (χ1) is 8.66. The highest BCUT2D eigenvalue weighted by molar-refractivity contribution is 4.98. The zero-order valence-electron chi connectivity index (χ0n) is 12.4. The van der Waals surface area contributed by atoms with Gasteiger partial charge in [0.2, 0.25) is 0 Å². The molecule has 0 spiro atoms. The van der Waals surface area contributed by atoms with E-state index >= 15 is 0 Å². The van der Waals surface area contributed by atoms with E-state index in [9.17, 15) is 0 Å². The molecular formula is C16H30N2. The van der Waals surface area contributed by atoms with Gasteiger partial charge in [0, 0.05) is 31.2 Å². The molecule has 3 rings (SSSR count). The number of nitrogens with zero attached hydrogens (tertiary/aromatic N) is 1. The molecule has 0 radical (unpaired) electrons. The van der Waals surface area contributed by atoms with E-state index in [0.29, 0.717) is 0 Å². The third-order valence-corrected chi connectivity index (χ3v) is 5.74. The maximum Gasteiger partial charge on any atom is 0.0247 e. The third-order valence-electron chi connectivity index (χ3n) is 5.74. The maximum atomic E-state index is 3.83. The molecule has 2 nitrogen and oxygen atoms in total. The van der Waals surface area contributed by atoms with Crippen LogP contribution < -0.4 is 5.32 Å². The Morgan fingerprint density at radius 1 is 1.06 bits per heavy atom. The average Bonchev–Trinajstić information content (AvgIpc) is 3.09. The molecule has 0 bridgehead atoms. The van der Waals surface area contributed by atoms with Gasteiger partial charge in [-0.15, -0.1) is 0 Å². The summed E-state index contributed by atoms with van der Waals surface area (Å²) in [6, 6.07) is 2.37. The second-order valence-corrected chi connectivity index (χ2v) is 7.29. The van der Waals surface area contributed by atoms with Crippen LogP contribution >= 0.6 is 0 Å². The van der Waals surface area contributed by atoms with Crippen molar-refractivity contribution in [1.29, 1.82) is 0 Å². The van der Waals surface area contributed by atoms with E-state index in [1.807, 2.05) is 0 Å². The fourth-order valence-corrected chi connectivity index (χ4v) is 3.91. The SMILES string of the molecule is CC(C)C1CNC(C2CC2)CN1C(C)C1CCC1. The molecular weight excluding hydrogens is 220 g/mol. The van der Waals surface area contributed by atoms with Crippen molar-refractivity contribution in [2.24, 2.45) is 17.8 Å². The fraction of sp³-hybridized carbons (Fsp3) is 1.00. The largest absolute Gasteiger partial charge is 0.311 e. The highest BCUT2D eigenvalue weighted by atomic mass is 15.3. The molecule has 3 fully saturated rings. The second-order valence-electron chi connectivity index (χ2n) is 7.29. The van der Waals surface area contributed by atoms with Crippen LogP contribution in [0.25, 0.3) is 0 Å². The van der Waals surface area contributed by atoms with Gasteiger partial charge in [0.15, 0.2) is 0 Å². The van der Waals surface area contributed by atoms with Gasteiger partial charge in [0.05, 0.1) is 0 Å². The Hall–Kier alpha value is -0.0800. The predicted octanol–water partition coefficient (Wildman–Crippen LogP) is 2.88. The summed E-state index contributed by atoms with van der Waals surface area (Å²) in [7, 11) is 0. The van der Waals surface area contributed by atoms with E-state index < -0.39 is 0 Å². The number of hydrogen-bond donors (Lipinski definition) is 1. The summed E-state index contributed by atoms with van der Waals surface area (Å²) in [5.41, 5.74) is 0. The molecule has 2 aliphatic carbocycles. The molecule has 1 heterocycles. The molecule has 3 atom stereocenters. The molecule has 0 aromatic heterocycles. The summed E-state index contributed by atoms with van der Waals surface area (Å²) in [5.74, 6) is 2.76. The van der Waals surface area contributed by atoms with Crippen LogP contribution in [0.3, 0.4) is 0 Å². The minimum atomic E-state index is 0.760. The lowest BCUT2D eigenvalue weighted by Gasteiger charge is -2.49. The summed E-state index contributed by atoms with van der Waals surface area (Å²) < 4.78 is 0. The third kappa shape index (κ3) is 2.46. The highest BCUT2D eigenvalue weighted by Crippen LogP contribution is 2.38. The zero-order valence-corrected chi connectivity index (χ0v) is 12.4. The lowest BCUT2D eigenvalue weighted by molar-refractivity contribution is 0.0148. The van der Waals surface area contributed by atoms with Gasteiger partial charge >= 0.3 is 0 Å². The Morgan fingerprint density at radius 2 is 1.78 bits per heavy atom. The number of piperazine rings is 1. The van der Waals surface area contributed by atoms with Crippen molar-refractivity contribution in [3.8, 4) is 0 Å². The summed E-state index contributed by atoms with van der Waals surface area (Å²) in [6.07, 6.45) is 7.36. The normalized spacial score (nSPS) is 36.7. The molecule has 18 heavy (non-hydrogen) atoms. The van der Waals surface area contributed by atoms with Gasteiger partial charge in [-0.1, -0.05) is 20.3 Å². The van der Waals surface area contributed by atoms with Crippen molar-refractivity contribution in [3.05, 3.63) is 0 Å². The molecule has 1 aliphatic heterocycles. The zero-order chi connectivity index (χ0) is 12.7. The fourth-order valence-electron chi connectivity index (χ4n) is 3.91. The number of hydrogen-bond acceptors (Lipinski definition) is 2. The monoisotopic (exact) mass is 250 g/mol. The van der Waals surface area contributed by atoms with E-state index in [2.05, 4.69) is 31.0 Å². The number of rotatable bonds is 4. The lowest BCUT2D eigenvalue weighted by Crippen LogP contribution is -2.62. The Labute approximate surface area is 113 Å². The highest BCUT2D eigenvalue weighted by Gasteiger charge is 2.41. The van der Waals surface area contributed by atoms with Gasteiger partial charge in [-0.2, -0.15) is 0 Å².